The van der Waals surface area contributed by atoms with E-state index in [0.29, 0.717) is 33.2 Å². The fraction of sp³-hybridized carbons (Fsp3) is 0.500. The molecule has 2 aromatic carbocycles. The first kappa shape index (κ1) is 32.8. The van der Waals surface area contributed by atoms with Crippen LogP contribution in [0.3, 0.4) is 0 Å². The number of thiophene rings is 1. The van der Waals surface area contributed by atoms with Crippen molar-refractivity contribution in [1.29, 1.82) is 0 Å². The summed E-state index contributed by atoms with van der Waals surface area (Å²) in [6.45, 7) is 28.2. The van der Waals surface area contributed by atoms with Crippen molar-refractivity contribution < 1.29 is 0 Å². The normalized spacial score (nSPS) is 13.0. The Hall–Kier alpha value is -2.63. The SMILES string of the molecule is CC(C)[Si](C#Cc1c2nsnc2c(C#C[Si](C(C)C)(C(C)C)C(C)C)c2nc3c(nc12)sc1ccccc13)(C(C)C)C(C)C. The summed E-state index contributed by atoms with van der Waals surface area (Å²) in [5.41, 5.74) is 17.0. The number of nitrogens with zero attached hydrogens (tertiary/aromatic N) is 4. The highest BCUT2D eigenvalue weighted by molar-refractivity contribution is 7.25. The lowest BCUT2D eigenvalue weighted by Gasteiger charge is -2.38. The number of benzene rings is 2. The molecule has 0 aliphatic rings. The largest absolute Gasteiger partial charge is 0.241 e. The van der Waals surface area contributed by atoms with Crippen molar-refractivity contribution in [2.24, 2.45) is 0 Å². The number of fused-ring (bicyclic) bond motifs is 5. The summed E-state index contributed by atoms with van der Waals surface area (Å²) in [6.07, 6.45) is 0. The van der Waals surface area contributed by atoms with Crippen LogP contribution in [0.1, 0.15) is 94.2 Å². The molecule has 0 saturated carbocycles. The molecule has 5 aromatic rings. The fourth-order valence-corrected chi connectivity index (χ4v) is 20.0. The first-order valence-electron chi connectivity index (χ1n) is 16.1. The molecule has 0 fully saturated rings. The van der Waals surface area contributed by atoms with Gasteiger partial charge in [0.05, 0.1) is 22.9 Å². The molecule has 0 unspecified atom stereocenters. The third-order valence-electron chi connectivity index (χ3n) is 10.2. The van der Waals surface area contributed by atoms with Crippen LogP contribution in [0.15, 0.2) is 24.3 Å². The number of hydrogen-bond acceptors (Lipinski definition) is 6. The number of aromatic nitrogens is 4. The van der Waals surface area contributed by atoms with Crippen molar-refractivity contribution in [3.8, 4) is 22.9 Å². The van der Waals surface area contributed by atoms with Crippen molar-refractivity contribution >= 4 is 81.7 Å². The lowest BCUT2D eigenvalue weighted by atomic mass is 10.1. The molecule has 0 atom stereocenters. The van der Waals surface area contributed by atoms with Crippen LogP contribution in [0, 0.1) is 22.9 Å². The van der Waals surface area contributed by atoms with Crippen LogP contribution in [0.5, 0.6) is 0 Å². The van der Waals surface area contributed by atoms with E-state index in [-0.39, 0.29) is 0 Å². The monoisotopic (exact) mass is 654 g/mol. The predicted molar refractivity (Wildman–Crippen MR) is 199 cm³/mol. The van der Waals surface area contributed by atoms with E-state index in [1.807, 2.05) is 0 Å². The molecule has 0 aliphatic carbocycles. The first-order valence-corrected chi connectivity index (χ1v) is 22.1. The van der Waals surface area contributed by atoms with Gasteiger partial charge in [0, 0.05) is 10.1 Å². The molecule has 0 amide bonds. The van der Waals surface area contributed by atoms with E-state index in [2.05, 4.69) is 130 Å². The Morgan fingerprint density at radius 3 is 1.43 bits per heavy atom. The van der Waals surface area contributed by atoms with Gasteiger partial charge in [-0.25, -0.2) is 9.97 Å². The Bertz CT molecular complexity index is 1930. The fourth-order valence-electron chi connectivity index (χ4n) is 8.06. The molecule has 4 nitrogen and oxygen atoms in total. The standard InChI is InChI=1S/C36H46N4S2Si2/c1-21(2)43(22(3)4,23(5)6)19-17-28-31-32(38-36-35(37-31)27-15-13-14-16-30(27)41-36)29(34-33(28)39-42-40-34)18-20-44(24(7)8,25(9)10)26(11)12/h13-16,21-26H,1-12H3. The molecule has 0 saturated heterocycles. The van der Waals surface area contributed by atoms with Gasteiger partial charge >= 0.3 is 0 Å². The Morgan fingerprint density at radius 1 is 0.545 bits per heavy atom. The molecule has 8 heteroatoms. The van der Waals surface area contributed by atoms with Gasteiger partial charge in [0.2, 0.25) is 0 Å². The molecular weight excluding hydrogens is 609 g/mol. The highest BCUT2D eigenvalue weighted by atomic mass is 32.1. The summed E-state index contributed by atoms with van der Waals surface area (Å²) in [7, 11) is -4.03. The van der Waals surface area contributed by atoms with Crippen LogP contribution in [-0.2, 0) is 0 Å². The lowest BCUT2D eigenvalue weighted by molar-refractivity contribution is 0.838. The zero-order valence-corrected chi connectivity index (χ0v) is 32.0. The van der Waals surface area contributed by atoms with E-state index in [0.717, 1.165) is 48.9 Å². The molecule has 5 rings (SSSR count). The summed E-state index contributed by atoms with van der Waals surface area (Å²) < 4.78 is 10.9. The Balaban J connectivity index is 1.94. The third-order valence-corrected chi connectivity index (χ3v) is 24.4. The van der Waals surface area contributed by atoms with E-state index in [1.165, 1.54) is 16.4 Å². The summed E-state index contributed by atoms with van der Waals surface area (Å²) in [4.78, 5) is 11.7. The summed E-state index contributed by atoms with van der Waals surface area (Å²) >= 11 is 2.93. The van der Waals surface area contributed by atoms with Crippen LogP contribution < -0.4 is 0 Å². The Morgan fingerprint density at radius 2 is 0.977 bits per heavy atom. The van der Waals surface area contributed by atoms with E-state index in [9.17, 15) is 0 Å². The van der Waals surface area contributed by atoms with Gasteiger partial charge in [0.25, 0.3) is 0 Å². The molecule has 44 heavy (non-hydrogen) atoms. The maximum atomic E-state index is 5.38. The minimum Gasteiger partial charge on any atom is -0.241 e. The number of hydrogen-bond donors (Lipinski definition) is 0. The minimum absolute atomic E-state index is 0.523. The quantitative estimate of drug-likeness (QED) is 0.135. The second kappa shape index (κ2) is 12.3. The minimum atomic E-state index is -2.01. The maximum Gasteiger partial charge on any atom is 0.146 e. The molecule has 3 aromatic heterocycles. The van der Waals surface area contributed by atoms with Gasteiger partial charge in [-0.05, 0) is 39.3 Å². The van der Waals surface area contributed by atoms with Crippen molar-refractivity contribution in [1.82, 2.24) is 18.7 Å². The van der Waals surface area contributed by atoms with E-state index in [1.54, 1.807) is 11.3 Å². The lowest BCUT2D eigenvalue weighted by Crippen LogP contribution is -2.43. The van der Waals surface area contributed by atoms with E-state index >= 15 is 0 Å². The third kappa shape index (κ3) is 5.12. The second-order valence-corrected chi connectivity index (χ2v) is 26.9. The molecule has 0 bridgehead atoms. The highest BCUT2D eigenvalue weighted by Gasteiger charge is 2.43. The first-order chi connectivity index (χ1) is 20.8. The van der Waals surface area contributed by atoms with E-state index < -0.39 is 16.1 Å². The molecular formula is C36H46N4S2Si2. The zero-order valence-electron chi connectivity index (χ0n) is 28.4. The maximum absolute atomic E-state index is 5.38. The average Bonchev–Trinajstić information content (AvgIpc) is 3.57. The zero-order chi connectivity index (χ0) is 32.1. The van der Waals surface area contributed by atoms with Crippen molar-refractivity contribution in [3.63, 3.8) is 0 Å². The molecule has 0 spiro atoms. The van der Waals surface area contributed by atoms with Gasteiger partial charge in [-0.1, -0.05) is 113 Å². The molecule has 3 heterocycles. The average molecular weight is 655 g/mol. The molecule has 0 aliphatic heterocycles. The van der Waals surface area contributed by atoms with E-state index in [4.69, 9.17) is 18.7 Å². The summed E-state index contributed by atoms with van der Waals surface area (Å²) in [6, 6.07) is 8.45. The van der Waals surface area contributed by atoms with Gasteiger partial charge in [0.15, 0.2) is 0 Å². The van der Waals surface area contributed by atoms with Crippen LogP contribution in [-0.4, -0.2) is 34.9 Å². The van der Waals surface area contributed by atoms with Crippen molar-refractivity contribution in [2.45, 2.75) is 116 Å². The molecule has 0 N–H and O–H groups in total. The number of rotatable bonds is 6. The van der Waals surface area contributed by atoms with Gasteiger partial charge in [-0.2, -0.15) is 8.75 Å². The van der Waals surface area contributed by atoms with Crippen LogP contribution in [0.25, 0.3) is 42.5 Å². The van der Waals surface area contributed by atoms with Crippen LogP contribution >= 0.6 is 23.1 Å². The van der Waals surface area contributed by atoms with Gasteiger partial charge in [-0.15, -0.1) is 22.4 Å². The summed E-state index contributed by atoms with van der Waals surface area (Å²) in [5.74, 6) is 7.47. The molecule has 0 radical (unpaired) electrons. The van der Waals surface area contributed by atoms with Crippen molar-refractivity contribution in [3.05, 3.63) is 35.4 Å². The van der Waals surface area contributed by atoms with Crippen LogP contribution in [0.2, 0.25) is 33.2 Å². The smallest absolute Gasteiger partial charge is 0.146 e. The van der Waals surface area contributed by atoms with Gasteiger partial charge < -0.3 is 0 Å². The van der Waals surface area contributed by atoms with Crippen molar-refractivity contribution in [2.75, 3.05) is 0 Å². The Kier molecular flexibility index (Phi) is 9.15. The van der Waals surface area contributed by atoms with Gasteiger partial charge in [0.1, 0.15) is 48.6 Å². The second-order valence-electron chi connectivity index (χ2n) is 14.2. The van der Waals surface area contributed by atoms with Crippen LogP contribution in [0.4, 0.5) is 0 Å². The summed E-state index contributed by atoms with van der Waals surface area (Å²) in [5, 5.41) is 1.13. The topological polar surface area (TPSA) is 51.6 Å². The molecule has 230 valence electrons. The Labute approximate surface area is 273 Å². The highest BCUT2D eigenvalue weighted by Crippen LogP contribution is 2.43. The van der Waals surface area contributed by atoms with Gasteiger partial charge in [-0.3, -0.25) is 0 Å². The predicted octanol–water partition coefficient (Wildman–Crippen LogP) is 11.1.